The van der Waals surface area contributed by atoms with Gasteiger partial charge in [-0.3, -0.25) is 13.9 Å². The van der Waals surface area contributed by atoms with Crippen LogP contribution < -0.4 is 19.1 Å². The first-order valence-corrected chi connectivity index (χ1v) is 15.6. The number of hydrogen-bond acceptors (Lipinski definition) is 6. The third kappa shape index (κ3) is 7.61. The van der Waals surface area contributed by atoms with Gasteiger partial charge in [0.15, 0.2) is 0 Å². The van der Waals surface area contributed by atoms with Gasteiger partial charge in [-0.1, -0.05) is 55.7 Å². The summed E-state index contributed by atoms with van der Waals surface area (Å²) in [6.07, 6.45) is 5.08. The molecular weight excluding hydrogens is 554 g/mol. The molecule has 1 aliphatic rings. The maximum Gasteiger partial charge on any atom is 0.264 e. The van der Waals surface area contributed by atoms with Gasteiger partial charge in [0, 0.05) is 18.7 Å². The van der Waals surface area contributed by atoms with E-state index in [1.807, 2.05) is 12.1 Å². The van der Waals surface area contributed by atoms with Crippen molar-refractivity contribution in [3.63, 3.8) is 0 Å². The smallest absolute Gasteiger partial charge is 0.264 e. The summed E-state index contributed by atoms with van der Waals surface area (Å²) in [6, 6.07) is 21.0. The molecule has 4 rings (SSSR count). The van der Waals surface area contributed by atoms with Gasteiger partial charge in [-0.25, -0.2) is 8.42 Å². The second-order valence-electron chi connectivity index (χ2n) is 10.4. The first kappa shape index (κ1) is 30.9. The van der Waals surface area contributed by atoms with Crippen LogP contribution in [-0.2, 0) is 26.2 Å². The molecule has 9 nitrogen and oxygen atoms in total. The molecule has 1 saturated carbocycles. The predicted molar refractivity (Wildman–Crippen MR) is 162 cm³/mol. The lowest BCUT2D eigenvalue weighted by Crippen LogP contribution is -2.53. The van der Waals surface area contributed by atoms with E-state index < -0.39 is 28.5 Å². The topological polar surface area (TPSA) is 105 Å². The Bertz CT molecular complexity index is 1440. The van der Waals surface area contributed by atoms with Crippen molar-refractivity contribution < 1.29 is 27.5 Å². The zero-order valence-corrected chi connectivity index (χ0v) is 25.2. The Hall–Kier alpha value is -4.05. The number of carbonyl (C=O) groups is 2. The van der Waals surface area contributed by atoms with Gasteiger partial charge in [0.1, 0.15) is 24.1 Å². The Morgan fingerprint density at radius 2 is 1.55 bits per heavy atom. The van der Waals surface area contributed by atoms with Crippen molar-refractivity contribution in [1.29, 1.82) is 0 Å². The zero-order chi connectivity index (χ0) is 30.1. The number of methoxy groups -OCH3 is 2. The van der Waals surface area contributed by atoms with E-state index >= 15 is 0 Å². The SMILES string of the molecule is COc1ccc(CN(C(=O)CN(c2cccc(OC)c2)S(=O)(=O)c2ccccc2)[C@H](C)C(=O)NC2CCCCC2)cc1. The van der Waals surface area contributed by atoms with Crippen molar-refractivity contribution in [1.82, 2.24) is 10.2 Å². The van der Waals surface area contributed by atoms with Gasteiger partial charge in [0.05, 0.1) is 24.8 Å². The molecule has 10 heteroatoms. The van der Waals surface area contributed by atoms with Crippen LogP contribution in [0.3, 0.4) is 0 Å². The molecule has 0 bridgehead atoms. The highest BCUT2D eigenvalue weighted by molar-refractivity contribution is 7.92. The van der Waals surface area contributed by atoms with Crippen molar-refractivity contribution >= 4 is 27.5 Å². The lowest BCUT2D eigenvalue weighted by Gasteiger charge is -2.33. The molecule has 0 aliphatic heterocycles. The van der Waals surface area contributed by atoms with E-state index in [0.717, 1.165) is 42.0 Å². The van der Waals surface area contributed by atoms with Gasteiger partial charge >= 0.3 is 0 Å². The monoisotopic (exact) mass is 593 g/mol. The van der Waals surface area contributed by atoms with E-state index in [2.05, 4.69) is 5.32 Å². The summed E-state index contributed by atoms with van der Waals surface area (Å²) >= 11 is 0. The molecule has 1 atom stereocenters. The lowest BCUT2D eigenvalue weighted by molar-refractivity contribution is -0.139. The molecule has 3 aromatic rings. The Kier molecular flexibility index (Phi) is 10.5. The number of nitrogens with one attached hydrogen (secondary N) is 1. The summed E-state index contributed by atoms with van der Waals surface area (Å²) in [5, 5.41) is 3.11. The molecule has 0 heterocycles. The molecule has 0 unspecified atom stereocenters. The minimum absolute atomic E-state index is 0.0467. The number of nitrogens with zero attached hydrogens (tertiary/aromatic N) is 2. The van der Waals surface area contributed by atoms with Gasteiger partial charge in [-0.05, 0) is 61.7 Å². The second kappa shape index (κ2) is 14.2. The quantitative estimate of drug-likeness (QED) is 0.325. The number of amides is 2. The fourth-order valence-electron chi connectivity index (χ4n) is 5.09. The molecule has 1 fully saturated rings. The highest BCUT2D eigenvalue weighted by atomic mass is 32.2. The van der Waals surface area contributed by atoms with Crippen LogP contribution in [0.25, 0.3) is 0 Å². The van der Waals surface area contributed by atoms with E-state index in [1.54, 1.807) is 68.6 Å². The molecule has 0 spiro atoms. The van der Waals surface area contributed by atoms with Gasteiger partial charge < -0.3 is 19.7 Å². The molecule has 1 aliphatic carbocycles. The number of ether oxygens (including phenoxy) is 2. The summed E-state index contributed by atoms with van der Waals surface area (Å²) in [4.78, 5) is 29.0. The maximum absolute atomic E-state index is 14.1. The van der Waals surface area contributed by atoms with E-state index in [0.29, 0.717) is 11.5 Å². The number of benzene rings is 3. The molecule has 224 valence electrons. The summed E-state index contributed by atoms with van der Waals surface area (Å²) in [6.45, 7) is 1.28. The standard InChI is InChI=1S/C32H39N3O6S/c1-24(32(37)33-26-11-6-4-7-12-26)34(22-25-17-19-28(40-2)20-18-25)31(36)23-35(27-13-10-14-29(21-27)41-3)42(38,39)30-15-8-5-9-16-30/h5,8-10,13-21,24,26H,4,6-7,11-12,22-23H2,1-3H3,(H,33,37)/t24-/m1/s1. The number of sulfonamides is 1. The van der Waals surface area contributed by atoms with Gasteiger partial charge in [0.25, 0.3) is 10.0 Å². The van der Waals surface area contributed by atoms with Crippen LogP contribution in [0.1, 0.15) is 44.6 Å². The summed E-state index contributed by atoms with van der Waals surface area (Å²) in [7, 11) is -1.08. The third-order valence-corrected chi connectivity index (χ3v) is 9.37. The molecular formula is C32H39N3O6S. The van der Waals surface area contributed by atoms with Crippen LogP contribution in [0.2, 0.25) is 0 Å². The molecule has 42 heavy (non-hydrogen) atoms. The van der Waals surface area contributed by atoms with Gasteiger partial charge in [-0.15, -0.1) is 0 Å². The van der Waals surface area contributed by atoms with E-state index in [4.69, 9.17) is 9.47 Å². The van der Waals surface area contributed by atoms with Gasteiger partial charge in [-0.2, -0.15) is 0 Å². The highest BCUT2D eigenvalue weighted by Crippen LogP contribution is 2.28. The normalized spacial score (nSPS) is 14.5. The average molecular weight is 594 g/mol. The highest BCUT2D eigenvalue weighted by Gasteiger charge is 2.33. The molecule has 1 N–H and O–H groups in total. The average Bonchev–Trinajstić information content (AvgIpc) is 3.03. The lowest BCUT2D eigenvalue weighted by atomic mass is 9.95. The molecule has 0 radical (unpaired) electrons. The Labute approximate surface area is 248 Å². The largest absolute Gasteiger partial charge is 0.497 e. The third-order valence-electron chi connectivity index (χ3n) is 7.58. The van der Waals surface area contributed by atoms with E-state index in [-0.39, 0.29) is 29.1 Å². The number of anilines is 1. The maximum atomic E-state index is 14.1. The van der Waals surface area contributed by atoms with Gasteiger partial charge in [0.2, 0.25) is 11.8 Å². The molecule has 0 aromatic heterocycles. The summed E-state index contributed by atoms with van der Waals surface area (Å²) in [5.74, 6) is 0.337. The molecule has 2 amide bonds. The van der Waals surface area contributed by atoms with Crippen LogP contribution in [-0.4, -0.2) is 58.0 Å². The fraction of sp³-hybridized carbons (Fsp3) is 0.375. The Balaban J connectivity index is 1.67. The van der Waals surface area contributed by atoms with Crippen LogP contribution >= 0.6 is 0 Å². The van der Waals surface area contributed by atoms with Crippen molar-refractivity contribution in [3.8, 4) is 11.5 Å². The first-order chi connectivity index (χ1) is 20.2. The fourth-order valence-corrected chi connectivity index (χ4v) is 6.52. The van der Waals surface area contributed by atoms with Crippen molar-refractivity contribution in [3.05, 3.63) is 84.4 Å². The minimum Gasteiger partial charge on any atom is -0.497 e. The van der Waals surface area contributed by atoms with Crippen molar-refractivity contribution in [2.45, 2.75) is 62.6 Å². The van der Waals surface area contributed by atoms with Crippen molar-refractivity contribution in [2.24, 2.45) is 0 Å². The number of carbonyl (C=O) groups excluding carboxylic acids is 2. The van der Waals surface area contributed by atoms with Crippen LogP contribution in [0.4, 0.5) is 5.69 Å². The van der Waals surface area contributed by atoms with Crippen molar-refractivity contribution in [2.75, 3.05) is 25.1 Å². The minimum atomic E-state index is -4.14. The number of hydrogen-bond donors (Lipinski definition) is 1. The summed E-state index contributed by atoms with van der Waals surface area (Å²) < 4.78 is 39.5. The summed E-state index contributed by atoms with van der Waals surface area (Å²) in [5.41, 5.74) is 1.05. The van der Waals surface area contributed by atoms with Crippen LogP contribution in [0.5, 0.6) is 11.5 Å². The predicted octanol–water partition coefficient (Wildman–Crippen LogP) is 4.77. The van der Waals surface area contributed by atoms with Crippen LogP contribution in [0, 0.1) is 0 Å². The van der Waals surface area contributed by atoms with E-state index in [1.165, 1.54) is 24.1 Å². The van der Waals surface area contributed by atoms with Crippen LogP contribution in [0.15, 0.2) is 83.8 Å². The molecule has 0 saturated heterocycles. The number of rotatable bonds is 12. The second-order valence-corrected chi connectivity index (χ2v) is 12.3. The first-order valence-electron chi connectivity index (χ1n) is 14.2. The Morgan fingerprint density at radius 1 is 0.881 bits per heavy atom. The Morgan fingerprint density at radius 3 is 2.19 bits per heavy atom. The zero-order valence-electron chi connectivity index (χ0n) is 24.4. The molecule has 3 aromatic carbocycles. The van der Waals surface area contributed by atoms with E-state index in [9.17, 15) is 18.0 Å².